The molecule has 0 spiro atoms. The van der Waals surface area contributed by atoms with Crippen LogP contribution >= 0.6 is 0 Å². The molecule has 0 saturated heterocycles. The van der Waals surface area contributed by atoms with Gasteiger partial charge in [0.25, 0.3) is 5.56 Å². The molecule has 3 rings (SSSR count). The normalized spacial score (nSPS) is 10.8. The molecule has 122 valence electrons. The summed E-state index contributed by atoms with van der Waals surface area (Å²) in [7, 11) is 0. The van der Waals surface area contributed by atoms with Gasteiger partial charge in [0.2, 0.25) is 0 Å². The average Bonchev–Trinajstić information content (AvgIpc) is 2.54. The highest BCUT2D eigenvalue weighted by Gasteiger charge is 2.08. The summed E-state index contributed by atoms with van der Waals surface area (Å²) >= 11 is 0. The van der Waals surface area contributed by atoms with Crippen LogP contribution in [-0.4, -0.2) is 15.4 Å². The molecule has 0 amide bonds. The smallest absolute Gasteiger partial charge is 0.310 e. The van der Waals surface area contributed by atoms with E-state index >= 15 is 0 Å². The third-order valence-corrected chi connectivity index (χ3v) is 3.48. The Kier molecular flexibility index (Phi) is 4.37. The monoisotopic (exact) mass is 326 g/mol. The number of benzene rings is 1. The van der Waals surface area contributed by atoms with Crippen LogP contribution in [0.2, 0.25) is 0 Å². The molecule has 2 heterocycles. The molecular formula is C18H15FN2O3. The molecule has 0 atom stereocenters. The molecule has 0 unspecified atom stereocenters. The van der Waals surface area contributed by atoms with Gasteiger partial charge in [0.15, 0.2) is 0 Å². The van der Waals surface area contributed by atoms with Crippen LogP contribution in [0.3, 0.4) is 0 Å². The first-order valence-corrected chi connectivity index (χ1v) is 7.40. The van der Waals surface area contributed by atoms with Gasteiger partial charge in [-0.15, -0.1) is 0 Å². The number of halogens is 1. The highest BCUT2D eigenvalue weighted by molar-refractivity contribution is 5.72. The summed E-state index contributed by atoms with van der Waals surface area (Å²) in [5.74, 6) is -0.911. The maximum absolute atomic E-state index is 13.1. The van der Waals surface area contributed by atoms with Gasteiger partial charge in [-0.2, -0.15) is 0 Å². The Morgan fingerprint density at radius 3 is 2.88 bits per heavy atom. The molecule has 2 aromatic heterocycles. The Morgan fingerprint density at radius 1 is 1.25 bits per heavy atom. The van der Waals surface area contributed by atoms with Crippen molar-refractivity contribution in [2.75, 3.05) is 0 Å². The first-order chi connectivity index (χ1) is 11.5. The zero-order valence-corrected chi connectivity index (χ0v) is 13.0. The van der Waals surface area contributed by atoms with E-state index < -0.39 is 11.8 Å². The van der Waals surface area contributed by atoms with Gasteiger partial charge in [0, 0.05) is 12.3 Å². The van der Waals surface area contributed by atoms with Gasteiger partial charge in [-0.25, -0.2) is 9.37 Å². The molecule has 0 radical (unpaired) electrons. The highest BCUT2D eigenvalue weighted by atomic mass is 19.1. The van der Waals surface area contributed by atoms with Gasteiger partial charge in [0.1, 0.15) is 18.1 Å². The van der Waals surface area contributed by atoms with Crippen molar-refractivity contribution in [3.63, 3.8) is 0 Å². The van der Waals surface area contributed by atoms with Gasteiger partial charge in [-0.05, 0) is 36.2 Å². The van der Waals surface area contributed by atoms with Crippen LogP contribution in [0.25, 0.3) is 5.65 Å². The molecule has 24 heavy (non-hydrogen) atoms. The third kappa shape index (κ3) is 3.65. The molecule has 0 fully saturated rings. The van der Waals surface area contributed by atoms with E-state index in [1.807, 2.05) is 13.0 Å². The van der Waals surface area contributed by atoms with Crippen LogP contribution in [0.15, 0.2) is 53.5 Å². The summed E-state index contributed by atoms with van der Waals surface area (Å²) in [6, 6.07) is 10.7. The fraction of sp³-hybridized carbons (Fsp3) is 0.167. The maximum Gasteiger partial charge on any atom is 0.310 e. The van der Waals surface area contributed by atoms with Gasteiger partial charge >= 0.3 is 5.97 Å². The lowest BCUT2D eigenvalue weighted by molar-refractivity contribution is -0.144. The minimum atomic E-state index is -0.508. The molecule has 1 aromatic carbocycles. The second-order valence-corrected chi connectivity index (χ2v) is 5.49. The number of aryl methyl sites for hydroxylation is 1. The molecule has 0 saturated carbocycles. The number of pyridine rings is 1. The topological polar surface area (TPSA) is 60.7 Å². The Labute approximate surface area is 137 Å². The van der Waals surface area contributed by atoms with Crippen LogP contribution in [0, 0.1) is 12.7 Å². The van der Waals surface area contributed by atoms with Crippen LogP contribution < -0.4 is 5.56 Å². The van der Waals surface area contributed by atoms with Gasteiger partial charge in [0.05, 0.1) is 12.1 Å². The Bertz CT molecular complexity index is 966. The molecular weight excluding hydrogens is 311 g/mol. The first kappa shape index (κ1) is 15.9. The second-order valence-electron chi connectivity index (χ2n) is 5.49. The summed E-state index contributed by atoms with van der Waals surface area (Å²) in [6.45, 7) is 1.78. The lowest BCUT2D eigenvalue weighted by atomic mass is 10.1. The predicted octanol–water partition coefficient (Wildman–Crippen LogP) is 2.43. The fourth-order valence-electron chi connectivity index (χ4n) is 2.35. The third-order valence-electron chi connectivity index (χ3n) is 3.48. The van der Waals surface area contributed by atoms with Crippen LogP contribution in [0.4, 0.5) is 4.39 Å². The minimum Gasteiger partial charge on any atom is -0.459 e. The summed E-state index contributed by atoms with van der Waals surface area (Å²) < 4.78 is 19.7. The van der Waals surface area contributed by atoms with Crippen molar-refractivity contribution in [2.24, 2.45) is 0 Å². The Balaban J connectivity index is 1.70. The molecule has 0 aliphatic rings. The van der Waals surface area contributed by atoms with Crippen molar-refractivity contribution in [1.82, 2.24) is 9.38 Å². The van der Waals surface area contributed by atoms with E-state index in [0.717, 1.165) is 5.56 Å². The van der Waals surface area contributed by atoms with Crippen molar-refractivity contribution in [3.05, 3.63) is 81.7 Å². The van der Waals surface area contributed by atoms with Crippen molar-refractivity contribution in [1.29, 1.82) is 0 Å². The average molecular weight is 326 g/mol. The summed E-state index contributed by atoms with van der Waals surface area (Å²) in [6.07, 6.45) is 1.66. The second kappa shape index (κ2) is 6.62. The quantitative estimate of drug-likeness (QED) is 0.691. The van der Waals surface area contributed by atoms with Crippen LogP contribution in [0.5, 0.6) is 0 Å². The SMILES string of the molecule is Cc1ccc2nc(COC(=O)Cc3cccc(F)c3)cc(=O)n2c1. The van der Waals surface area contributed by atoms with E-state index in [9.17, 15) is 14.0 Å². The maximum atomic E-state index is 13.1. The van der Waals surface area contributed by atoms with Crippen LogP contribution in [0.1, 0.15) is 16.8 Å². The number of rotatable bonds is 4. The number of nitrogens with zero attached hydrogens (tertiary/aromatic N) is 2. The number of hydrogen-bond acceptors (Lipinski definition) is 4. The minimum absolute atomic E-state index is 0.0382. The van der Waals surface area contributed by atoms with Crippen molar-refractivity contribution in [3.8, 4) is 0 Å². The summed E-state index contributed by atoms with van der Waals surface area (Å²) in [5.41, 5.74) is 2.10. The predicted molar refractivity (Wildman–Crippen MR) is 86.1 cm³/mol. The van der Waals surface area contributed by atoms with Gasteiger partial charge < -0.3 is 4.74 Å². The van der Waals surface area contributed by atoms with Crippen molar-refractivity contribution >= 4 is 11.6 Å². The van der Waals surface area contributed by atoms with E-state index in [0.29, 0.717) is 16.9 Å². The lowest BCUT2D eigenvalue weighted by Crippen LogP contribution is -2.17. The van der Waals surface area contributed by atoms with Gasteiger partial charge in [-0.3, -0.25) is 14.0 Å². The van der Waals surface area contributed by atoms with E-state index in [2.05, 4.69) is 4.98 Å². The molecule has 0 N–H and O–H groups in total. The Hall–Kier alpha value is -3.02. The number of carbonyl (C=O) groups excluding carboxylic acids is 1. The number of fused-ring (bicyclic) bond motifs is 1. The molecule has 3 aromatic rings. The first-order valence-electron chi connectivity index (χ1n) is 7.40. The molecule has 0 aliphatic heterocycles. The number of esters is 1. The number of carbonyl (C=O) groups is 1. The van der Waals surface area contributed by atoms with Gasteiger partial charge in [-0.1, -0.05) is 18.2 Å². The molecule has 6 heteroatoms. The largest absolute Gasteiger partial charge is 0.459 e. The molecule has 5 nitrogen and oxygen atoms in total. The number of hydrogen-bond donors (Lipinski definition) is 0. The number of ether oxygens (including phenoxy) is 1. The van der Waals surface area contributed by atoms with Crippen molar-refractivity contribution < 1.29 is 13.9 Å². The van der Waals surface area contributed by atoms with E-state index in [4.69, 9.17) is 4.74 Å². The summed E-state index contributed by atoms with van der Waals surface area (Å²) in [4.78, 5) is 28.2. The zero-order chi connectivity index (χ0) is 17.1. The van der Waals surface area contributed by atoms with Crippen LogP contribution in [-0.2, 0) is 22.6 Å². The van der Waals surface area contributed by atoms with E-state index in [1.54, 1.807) is 18.3 Å². The molecule has 0 bridgehead atoms. The lowest BCUT2D eigenvalue weighted by Gasteiger charge is -2.07. The fourth-order valence-corrected chi connectivity index (χ4v) is 2.35. The van der Waals surface area contributed by atoms with Crippen molar-refractivity contribution in [2.45, 2.75) is 20.0 Å². The number of aromatic nitrogens is 2. The zero-order valence-electron chi connectivity index (χ0n) is 13.0. The highest BCUT2D eigenvalue weighted by Crippen LogP contribution is 2.07. The van der Waals surface area contributed by atoms with E-state index in [-0.39, 0.29) is 18.6 Å². The molecule has 0 aliphatic carbocycles. The van der Waals surface area contributed by atoms with E-state index in [1.165, 1.54) is 28.7 Å². The summed E-state index contributed by atoms with van der Waals surface area (Å²) in [5, 5.41) is 0. The standard InChI is InChI=1S/C18H15FN2O3/c1-12-5-6-16-20-15(9-17(22)21(16)10-12)11-24-18(23)8-13-3-2-4-14(19)7-13/h2-7,9-10H,8,11H2,1H3. The Morgan fingerprint density at radius 2 is 2.08 bits per heavy atom.